The highest BCUT2D eigenvalue weighted by atomic mass is 16.7. The molecule has 1 N–H and O–H groups in total. The molecule has 2 unspecified atom stereocenters. The number of rotatable bonds is 0. The Morgan fingerprint density at radius 3 is 2.64 bits per heavy atom. The van der Waals surface area contributed by atoms with Crippen molar-refractivity contribution in [1.82, 2.24) is 5.48 Å². The van der Waals surface area contributed by atoms with Gasteiger partial charge in [0, 0.05) is 6.04 Å². The van der Waals surface area contributed by atoms with Crippen molar-refractivity contribution in [3.05, 3.63) is 0 Å². The van der Waals surface area contributed by atoms with E-state index in [1.165, 1.54) is 19.3 Å². The van der Waals surface area contributed by atoms with Crippen LogP contribution in [0.2, 0.25) is 0 Å². The molecule has 2 aliphatic rings. The first-order valence-electron chi connectivity index (χ1n) is 4.45. The van der Waals surface area contributed by atoms with Gasteiger partial charge in [0.1, 0.15) is 0 Å². The van der Waals surface area contributed by atoms with Crippen molar-refractivity contribution in [2.75, 3.05) is 0 Å². The van der Waals surface area contributed by atoms with Gasteiger partial charge in [0.25, 0.3) is 0 Å². The van der Waals surface area contributed by atoms with E-state index in [2.05, 4.69) is 26.3 Å². The molecular formula is C9H17NO. The lowest BCUT2D eigenvalue weighted by Gasteiger charge is -2.36. The van der Waals surface area contributed by atoms with Gasteiger partial charge in [0.2, 0.25) is 0 Å². The maximum absolute atomic E-state index is 5.55. The standard InChI is InChI=1S/C9H17NO/c1-8(2)4-5-9(3)6-7(8)10-11-9/h7,10H,4-6H2,1-3H3. The van der Waals surface area contributed by atoms with Gasteiger partial charge >= 0.3 is 0 Å². The van der Waals surface area contributed by atoms with Crippen molar-refractivity contribution < 1.29 is 4.84 Å². The molecule has 2 bridgehead atoms. The van der Waals surface area contributed by atoms with E-state index >= 15 is 0 Å². The highest BCUT2D eigenvalue weighted by Crippen LogP contribution is 2.45. The summed E-state index contributed by atoms with van der Waals surface area (Å²) in [5.41, 5.74) is 3.71. The van der Waals surface area contributed by atoms with Gasteiger partial charge in [-0.15, -0.1) is 0 Å². The summed E-state index contributed by atoms with van der Waals surface area (Å²) >= 11 is 0. The molecule has 1 aliphatic heterocycles. The molecule has 1 aliphatic carbocycles. The van der Waals surface area contributed by atoms with Gasteiger partial charge in [0.15, 0.2) is 0 Å². The second kappa shape index (κ2) is 1.99. The zero-order chi connectivity index (χ0) is 8.11. The van der Waals surface area contributed by atoms with E-state index < -0.39 is 0 Å². The number of nitrogens with one attached hydrogen (secondary N) is 1. The highest BCUT2D eigenvalue weighted by molar-refractivity contribution is 4.99. The van der Waals surface area contributed by atoms with Crippen LogP contribution < -0.4 is 5.48 Å². The predicted octanol–water partition coefficient (Wildman–Crippen LogP) is 1.86. The Kier molecular flexibility index (Phi) is 1.37. The Hall–Kier alpha value is -0.0800. The zero-order valence-electron chi connectivity index (χ0n) is 7.61. The maximum Gasteiger partial charge on any atom is 0.0885 e. The lowest BCUT2D eigenvalue weighted by molar-refractivity contribution is -0.0420. The number of hydrogen-bond donors (Lipinski definition) is 1. The molecule has 2 rings (SSSR count). The topological polar surface area (TPSA) is 21.3 Å². The smallest absolute Gasteiger partial charge is 0.0885 e. The normalized spacial score (nSPS) is 47.7. The maximum atomic E-state index is 5.55. The zero-order valence-corrected chi connectivity index (χ0v) is 7.61. The first-order chi connectivity index (χ1) is 5.02. The van der Waals surface area contributed by atoms with Crippen LogP contribution in [0.1, 0.15) is 40.0 Å². The fourth-order valence-electron chi connectivity index (χ4n) is 2.08. The van der Waals surface area contributed by atoms with Crippen molar-refractivity contribution in [1.29, 1.82) is 0 Å². The second-order valence-corrected chi connectivity index (χ2v) is 4.92. The van der Waals surface area contributed by atoms with Gasteiger partial charge in [-0.05, 0) is 31.6 Å². The largest absolute Gasteiger partial charge is 0.295 e. The Labute approximate surface area is 68.3 Å². The van der Waals surface area contributed by atoms with Crippen molar-refractivity contribution in [2.24, 2.45) is 5.41 Å². The monoisotopic (exact) mass is 155 g/mol. The van der Waals surface area contributed by atoms with Crippen LogP contribution in [0.15, 0.2) is 0 Å². The Morgan fingerprint density at radius 1 is 1.27 bits per heavy atom. The molecule has 2 nitrogen and oxygen atoms in total. The molecule has 2 atom stereocenters. The number of fused-ring (bicyclic) bond motifs is 2. The molecule has 11 heavy (non-hydrogen) atoms. The SMILES string of the molecule is CC12CCC(C)(C)C(C1)NO2. The molecule has 1 heterocycles. The van der Waals surface area contributed by atoms with Crippen LogP contribution in [0, 0.1) is 5.41 Å². The molecule has 2 heteroatoms. The third-order valence-electron chi connectivity index (χ3n) is 3.33. The third-order valence-corrected chi connectivity index (χ3v) is 3.33. The van der Waals surface area contributed by atoms with Gasteiger partial charge < -0.3 is 0 Å². The van der Waals surface area contributed by atoms with E-state index in [-0.39, 0.29) is 5.60 Å². The Bertz CT molecular complexity index is 178. The molecular weight excluding hydrogens is 138 g/mol. The molecule has 0 radical (unpaired) electrons. The van der Waals surface area contributed by atoms with Crippen LogP contribution in [0.4, 0.5) is 0 Å². The first-order valence-corrected chi connectivity index (χ1v) is 4.45. The molecule has 0 aromatic rings. The minimum absolute atomic E-state index is 0.139. The van der Waals surface area contributed by atoms with Crippen molar-refractivity contribution in [3.8, 4) is 0 Å². The summed E-state index contributed by atoms with van der Waals surface area (Å²) < 4.78 is 0. The van der Waals surface area contributed by atoms with E-state index in [1.54, 1.807) is 0 Å². The van der Waals surface area contributed by atoms with Gasteiger partial charge in [-0.25, -0.2) is 0 Å². The second-order valence-electron chi connectivity index (χ2n) is 4.92. The molecule has 0 aromatic heterocycles. The van der Waals surface area contributed by atoms with Crippen LogP contribution >= 0.6 is 0 Å². The minimum Gasteiger partial charge on any atom is -0.295 e. The lowest BCUT2D eigenvalue weighted by Crippen LogP contribution is -2.40. The molecule has 1 saturated carbocycles. The summed E-state index contributed by atoms with van der Waals surface area (Å²) in [5.74, 6) is 0. The van der Waals surface area contributed by atoms with Crippen molar-refractivity contribution >= 4 is 0 Å². The van der Waals surface area contributed by atoms with Gasteiger partial charge in [-0.1, -0.05) is 13.8 Å². The van der Waals surface area contributed by atoms with Crippen molar-refractivity contribution in [2.45, 2.75) is 51.7 Å². The summed E-state index contributed by atoms with van der Waals surface area (Å²) in [6.45, 7) is 6.84. The average molecular weight is 155 g/mol. The predicted molar refractivity (Wildman–Crippen MR) is 44.0 cm³/mol. The van der Waals surface area contributed by atoms with Gasteiger partial charge in [-0.2, -0.15) is 5.48 Å². The number of hydroxylamine groups is 1. The van der Waals surface area contributed by atoms with Gasteiger partial charge in [-0.3, -0.25) is 4.84 Å². The fourth-order valence-corrected chi connectivity index (χ4v) is 2.08. The van der Waals surface area contributed by atoms with E-state index in [0.717, 1.165) is 0 Å². The van der Waals surface area contributed by atoms with E-state index in [4.69, 9.17) is 4.84 Å². The summed E-state index contributed by atoms with van der Waals surface area (Å²) in [4.78, 5) is 5.55. The lowest BCUT2D eigenvalue weighted by atomic mass is 9.69. The first kappa shape index (κ1) is 7.56. The molecule has 0 spiro atoms. The Morgan fingerprint density at radius 2 is 2.00 bits per heavy atom. The van der Waals surface area contributed by atoms with Crippen LogP contribution in [-0.2, 0) is 4.84 Å². The summed E-state index contributed by atoms with van der Waals surface area (Å²) in [6, 6.07) is 0.571. The quantitative estimate of drug-likeness (QED) is 0.576. The third kappa shape index (κ3) is 1.09. The van der Waals surface area contributed by atoms with E-state index in [0.29, 0.717) is 11.5 Å². The van der Waals surface area contributed by atoms with E-state index in [1.807, 2.05) is 0 Å². The van der Waals surface area contributed by atoms with Crippen LogP contribution in [0.25, 0.3) is 0 Å². The molecule has 64 valence electrons. The highest BCUT2D eigenvalue weighted by Gasteiger charge is 2.48. The fraction of sp³-hybridized carbons (Fsp3) is 1.00. The average Bonchev–Trinajstić information content (AvgIpc) is 2.25. The summed E-state index contributed by atoms with van der Waals surface area (Å²) in [5, 5.41) is 0. The molecule has 1 saturated heterocycles. The Balaban J connectivity index is 2.19. The van der Waals surface area contributed by atoms with Gasteiger partial charge in [0.05, 0.1) is 5.60 Å². The van der Waals surface area contributed by atoms with E-state index in [9.17, 15) is 0 Å². The minimum atomic E-state index is 0.139. The summed E-state index contributed by atoms with van der Waals surface area (Å²) in [6.07, 6.45) is 3.66. The molecule has 0 amide bonds. The van der Waals surface area contributed by atoms with Crippen LogP contribution in [0.3, 0.4) is 0 Å². The number of hydrogen-bond acceptors (Lipinski definition) is 2. The van der Waals surface area contributed by atoms with Crippen LogP contribution in [-0.4, -0.2) is 11.6 Å². The molecule has 2 fully saturated rings. The molecule has 0 aromatic carbocycles. The summed E-state index contributed by atoms with van der Waals surface area (Å²) in [7, 11) is 0. The van der Waals surface area contributed by atoms with Crippen molar-refractivity contribution in [3.63, 3.8) is 0 Å². The van der Waals surface area contributed by atoms with Crippen LogP contribution in [0.5, 0.6) is 0 Å².